The molecular formula is C17H22F2N2O3. The molecule has 0 radical (unpaired) electrons. The lowest BCUT2D eigenvalue weighted by atomic mass is 10.0. The van der Waals surface area contributed by atoms with E-state index in [-0.39, 0.29) is 12.0 Å². The molecule has 2 unspecified atom stereocenters. The van der Waals surface area contributed by atoms with Crippen molar-refractivity contribution in [1.82, 2.24) is 10.6 Å². The average molecular weight is 340 g/mol. The molecule has 0 bridgehead atoms. The molecule has 1 aromatic rings. The van der Waals surface area contributed by atoms with Crippen molar-refractivity contribution in [2.45, 2.75) is 38.8 Å². The van der Waals surface area contributed by atoms with Crippen molar-refractivity contribution in [3.05, 3.63) is 35.4 Å². The van der Waals surface area contributed by atoms with Gasteiger partial charge in [0, 0.05) is 13.2 Å². The van der Waals surface area contributed by atoms with Crippen LogP contribution < -0.4 is 10.6 Å². The number of amides is 2. The van der Waals surface area contributed by atoms with Crippen LogP contribution in [0.3, 0.4) is 0 Å². The quantitative estimate of drug-likeness (QED) is 0.832. The molecule has 5 nitrogen and oxygen atoms in total. The third-order valence-corrected chi connectivity index (χ3v) is 3.95. The molecule has 1 aliphatic heterocycles. The van der Waals surface area contributed by atoms with Crippen LogP contribution in [-0.4, -0.2) is 37.1 Å². The predicted octanol–water partition coefficient (Wildman–Crippen LogP) is 2.01. The van der Waals surface area contributed by atoms with Crippen molar-refractivity contribution in [2.24, 2.45) is 5.92 Å². The third kappa shape index (κ3) is 4.50. The highest BCUT2D eigenvalue weighted by Gasteiger charge is 2.28. The molecule has 1 saturated heterocycles. The van der Waals surface area contributed by atoms with E-state index in [0.717, 1.165) is 25.0 Å². The highest BCUT2D eigenvalue weighted by molar-refractivity contribution is 5.98. The van der Waals surface area contributed by atoms with Crippen LogP contribution >= 0.6 is 0 Å². The van der Waals surface area contributed by atoms with Crippen LogP contribution in [-0.2, 0) is 9.53 Å². The van der Waals surface area contributed by atoms with E-state index in [1.54, 1.807) is 13.8 Å². The van der Waals surface area contributed by atoms with Crippen LogP contribution in [0.4, 0.5) is 8.78 Å². The summed E-state index contributed by atoms with van der Waals surface area (Å²) < 4.78 is 32.8. The monoisotopic (exact) mass is 340 g/mol. The lowest BCUT2D eigenvalue weighted by Gasteiger charge is -2.22. The molecule has 2 amide bonds. The smallest absolute Gasteiger partial charge is 0.257 e. The maximum absolute atomic E-state index is 13.7. The Morgan fingerprint density at radius 1 is 1.29 bits per heavy atom. The number of carbonyl (C=O) groups is 2. The van der Waals surface area contributed by atoms with Gasteiger partial charge >= 0.3 is 0 Å². The first-order valence-electron chi connectivity index (χ1n) is 8.04. The van der Waals surface area contributed by atoms with Crippen molar-refractivity contribution >= 4 is 11.8 Å². The van der Waals surface area contributed by atoms with Gasteiger partial charge in [-0.2, -0.15) is 0 Å². The summed E-state index contributed by atoms with van der Waals surface area (Å²) in [4.78, 5) is 24.5. The number of carbonyl (C=O) groups excluding carboxylic acids is 2. The second-order valence-electron chi connectivity index (χ2n) is 6.17. The number of halogens is 2. The zero-order chi connectivity index (χ0) is 17.7. The summed E-state index contributed by atoms with van der Waals surface area (Å²) in [5.74, 6) is -3.51. The van der Waals surface area contributed by atoms with Crippen molar-refractivity contribution in [3.63, 3.8) is 0 Å². The fourth-order valence-electron chi connectivity index (χ4n) is 2.59. The Morgan fingerprint density at radius 2 is 1.96 bits per heavy atom. The number of nitrogens with one attached hydrogen (secondary N) is 2. The van der Waals surface area contributed by atoms with Crippen LogP contribution in [0, 0.1) is 17.6 Å². The molecule has 1 aliphatic rings. The van der Waals surface area contributed by atoms with Gasteiger partial charge in [0.15, 0.2) is 0 Å². The Balaban J connectivity index is 2.01. The number of hydrogen-bond acceptors (Lipinski definition) is 3. The molecule has 1 aromatic carbocycles. The summed E-state index contributed by atoms with van der Waals surface area (Å²) in [6, 6.07) is 2.29. The van der Waals surface area contributed by atoms with Gasteiger partial charge in [-0.05, 0) is 30.9 Å². The summed E-state index contributed by atoms with van der Waals surface area (Å²) in [6.07, 6.45) is 1.80. The third-order valence-electron chi connectivity index (χ3n) is 3.95. The molecule has 0 aromatic heterocycles. The molecule has 7 heteroatoms. The number of benzene rings is 1. The SMILES string of the molecule is CC(C)C(NC(=O)c1c(F)cccc1F)C(=O)NCC1CCCO1. The van der Waals surface area contributed by atoms with E-state index in [1.165, 1.54) is 6.07 Å². The van der Waals surface area contributed by atoms with E-state index >= 15 is 0 Å². The van der Waals surface area contributed by atoms with Gasteiger partial charge in [0.2, 0.25) is 5.91 Å². The Morgan fingerprint density at radius 3 is 2.50 bits per heavy atom. The molecule has 132 valence electrons. The first kappa shape index (κ1) is 18.3. The largest absolute Gasteiger partial charge is 0.376 e. The Kier molecular flexibility index (Phi) is 6.25. The minimum Gasteiger partial charge on any atom is -0.376 e. The molecule has 0 saturated carbocycles. The van der Waals surface area contributed by atoms with Gasteiger partial charge in [-0.25, -0.2) is 8.78 Å². The number of rotatable bonds is 6. The molecule has 0 aliphatic carbocycles. The van der Waals surface area contributed by atoms with Gasteiger partial charge in [0.25, 0.3) is 5.91 Å². The lowest BCUT2D eigenvalue weighted by Crippen LogP contribution is -2.51. The minimum atomic E-state index is -0.963. The first-order valence-corrected chi connectivity index (χ1v) is 8.04. The molecule has 24 heavy (non-hydrogen) atoms. The minimum absolute atomic E-state index is 0.0264. The zero-order valence-corrected chi connectivity index (χ0v) is 13.8. The van der Waals surface area contributed by atoms with Gasteiger partial charge in [-0.3, -0.25) is 9.59 Å². The maximum atomic E-state index is 13.7. The van der Waals surface area contributed by atoms with E-state index in [2.05, 4.69) is 10.6 Å². The Bertz CT molecular complexity index is 581. The highest BCUT2D eigenvalue weighted by atomic mass is 19.1. The maximum Gasteiger partial charge on any atom is 0.257 e. The van der Waals surface area contributed by atoms with Gasteiger partial charge in [-0.15, -0.1) is 0 Å². The summed E-state index contributed by atoms with van der Waals surface area (Å²) >= 11 is 0. The number of hydrogen-bond donors (Lipinski definition) is 2. The Hall–Kier alpha value is -2.02. The fourth-order valence-corrected chi connectivity index (χ4v) is 2.59. The standard InChI is InChI=1S/C17H22F2N2O3/c1-10(2)15(17(23)20-9-11-5-4-8-24-11)21-16(22)14-12(18)6-3-7-13(14)19/h3,6-7,10-11,15H,4-5,8-9H2,1-2H3,(H,20,23)(H,21,22). The van der Waals surface area contributed by atoms with Gasteiger partial charge < -0.3 is 15.4 Å². The lowest BCUT2D eigenvalue weighted by molar-refractivity contribution is -0.124. The van der Waals surface area contributed by atoms with E-state index in [9.17, 15) is 18.4 Å². The first-order chi connectivity index (χ1) is 11.4. The van der Waals surface area contributed by atoms with Crippen LogP contribution in [0.1, 0.15) is 37.0 Å². The van der Waals surface area contributed by atoms with Crippen LogP contribution in [0.25, 0.3) is 0 Å². The second-order valence-corrected chi connectivity index (χ2v) is 6.17. The molecule has 2 atom stereocenters. The summed E-state index contributed by atoms with van der Waals surface area (Å²) in [5, 5.41) is 5.14. The van der Waals surface area contributed by atoms with Crippen molar-refractivity contribution in [1.29, 1.82) is 0 Å². The molecule has 2 N–H and O–H groups in total. The fraction of sp³-hybridized carbons (Fsp3) is 0.529. The number of ether oxygens (including phenoxy) is 1. The summed E-state index contributed by atoms with van der Waals surface area (Å²) in [6.45, 7) is 4.52. The van der Waals surface area contributed by atoms with E-state index in [1.807, 2.05) is 0 Å². The Labute approximate surface area is 139 Å². The van der Waals surface area contributed by atoms with Gasteiger partial charge in [-0.1, -0.05) is 19.9 Å². The van der Waals surface area contributed by atoms with Crippen molar-refractivity contribution in [3.8, 4) is 0 Å². The molecule has 1 fully saturated rings. The van der Waals surface area contributed by atoms with Crippen LogP contribution in [0.2, 0.25) is 0 Å². The zero-order valence-electron chi connectivity index (χ0n) is 13.8. The van der Waals surface area contributed by atoms with Crippen LogP contribution in [0.15, 0.2) is 18.2 Å². The predicted molar refractivity (Wildman–Crippen MR) is 84.4 cm³/mol. The molecule has 1 heterocycles. The molecule has 2 rings (SSSR count). The summed E-state index contributed by atoms with van der Waals surface area (Å²) in [5.41, 5.74) is -0.685. The second kappa shape index (κ2) is 8.19. The van der Waals surface area contributed by atoms with Gasteiger partial charge in [0.05, 0.1) is 6.10 Å². The summed E-state index contributed by atoms with van der Waals surface area (Å²) in [7, 11) is 0. The van der Waals surface area contributed by atoms with E-state index in [0.29, 0.717) is 13.2 Å². The topological polar surface area (TPSA) is 67.4 Å². The van der Waals surface area contributed by atoms with E-state index in [4.69, 9.17) is 4.74 Å². The van der Waals surface area contributed by atoms with E-state index < -0.39 is 35.1 Å². The normalized spacial score (nSPS) is 18.5. The van der Waals surface area contributed by atoms with Crippen molar-refractivity contribution < 1.29 is 23.1 Å². The molecule has 0 spiro atoms. The molecular weight excluding hydrogens is 318 g/mol. The highest BCUT2D eigenvalue weighted by Crippen LogP contribution is 2.14. The average Bonchev–Trinajstić information content (AvgIpc) is 3.03. The van der Waals surface area contributed by atoms with Gasteiger partial charge in [0.1, 0.15) is 23.2 Å². The van der Waals surface area contributed by atoms with Crippen molar-refractivity contribution in [2.75, 3.05) is 13.2 Å². The van der Waals surface area contributed by atoms with Crippen LogP contribution in [0.5, 0.6) is 0 Å².